The fraction of sp³-hybridized carbons (Fsp3) is 0.333. The Morgan fingerprint density at radius 2 is 2.17 bits per heavy atom. The van der Waals surface area contributed by atoms with Crippen molar-refractivity contribution >= 4 is 34.6 Å². The van der Waals surface area contributed by atoms with Crippen LogP contribution in [0.5, 0.6) is 0 Å². The van der Waals surface area contributed by atoms with Crippen molar-refractivity contribution in [2.24, 2.45) is 0 Å². The highest BCUT2D eigenvalue weighted by atomic mass is 32.1. The molecule has 1 amide bonds. The first-order valence-corrected chi connectivity index (χ1v) is 11.0. The molecule has 1 aliphatic rings. The number of aromatic amines is 1. The Hall–Kier alpha value is -2.58. The van der Waals surface area contributed by atoms with Crippen molar-refractivity contribution < 1.29 is 4.79 Å². The van der Waals surface area contributed by atoms with Crippen LogP contribution in [0.25, 0.3) is 0 Å². The maximum absolute atomic E-state index is 12.5. The number of aryl methyl sites for hydroxylation is 2. The molecule has 6 nitrogen and oxygen atoms in total. The van der Waals surface area contributed by atoms with Gasteiger partial charge in [0.25, 0.3) is 0 Å². The summed E-state index contributed by atoms with van der Waals surface area (Å²) in [5.74, 6) is 0.753. The SMILES string of the molecule is C=CCn1c(Cc2csc(NC(=O)Cc3ccc4c(c3)CCCC4)n2)n[nH]c1=S. The van der Waals surface area contributed by atoms with E-state index in [1.807, 2.05) is 9.95 Å². The maximum Gasteiger partial charge on any atom is 0.230 e. The van der Waals surface area contributed by atoms with Crippen molar-refractivity contribution in [1.82, 2.24) is 19.7 Å². The van der Waals surface area contributed by atoms with Crippen LogP contribution < -0.4 is 5.32 Å². The number of carbonyl (C=O) groups excluding carboxylic acids is 1. The highest BCUT2D eigenvalue weighted by Crippen LogP contribution is 2.23. The van der Waals surface area contributed by atoms with E-state index in [1.165, 1.54) is 35.3 Å². The first-order valence-electron chi connectivity index (χ1n) is 9.72. The van der Waals surface area contributed by atoms with Gasteiger partial charge in [-0.25, -0.2) is 4.98 Å². The van der Waals surface area contributed by atoms with E-state index in [0.29, 0.717) is 29.3 Å². The summed E-state index contributed by atoms with van der Waals surface area (Å²) >= 11 is 6.66. The lowest BCUT2D eigenvalue weighted by Crippen LogP contribution is -2.15. The molecule has 3 aromatic rings. The average Bonchev–Trinajstić information content (AvgIpc) is 3.29. The van der Waals surface area contributed by atoms with Crippen molar-refractivity contribution in [3.05, 3.63) is 69.2 Å². The second-order valence-electron chi connectivity index (χ2n) is 7.20. The van der Waals surface area contributed by atoms with Gasteiger partial charge in [0, 0.05) is 11.9 Å². The highest BCUT2D eigenvalue weighted by molar-refractivity contribution is 7.71. The van der Waals surface area contributed by atoms with Crippen LogP contribution in [0.4, 0.5) is 5.13 Å². The van der Waals surface area contributed by atoms with Gasteiger partial charge in [-0.1, -0.05) is 24.3 Å². The van der Waals surface area contributed by atoms with Crippen molar-refractivity contribution in [2.45, 2.75) is 45.1 Å². The summed E-state index contributed by atoms with van der Waals surface area (Å²) in [5, 5.41) is 12.5. The van der Waals surface area contributed by atoms with Crippen LogP contribution in [0.1, 0.15) is 41.1 Å². The average molecular weight is 426 g/mol. The number of hydrogen-bond donors (Lipinski definition) is 2. The van der Waals surface area contributed by atoms with E-state index < -0.39 is 0 Å². The molecule has 0 atom stereocenters. The zero-order chi connectivity index (χ0) is 20.2. The smallest absolute Gasteiger partial charge is 0.230 e. The number of thiazole rings is 1. The predicted octanol–water partition coefficient (Wildman–Crippen LogP) is 4.23. The van der Waals surface area contributed by atoms with Crippen LogP contribution in [-0.4, -0.2) is 25.7 Å². The minimum atomic E-state index is -0.0454. The van der Waals surface area contributed by atoms with Gasteiger partial charge in [-0.2, -0.15) is 5.10 Å². The number of hydrogen-bond acceptors (Lipinski definition) is 5. The zero-order valence-corrected chi connectivity index (χ0v) is 17.7. The Kier molecular flexibility index (Phi) is 6.01. The van der Waals surface area contributed by atoms with Crippen LogP contribution in [0.15, 0.2) is 36.2 Å². The molecule has 2 aromatic heterocycles. The number of amides is 1. The molecule has 0 fully saturated rings. The number of benzene rings is 1. The molecule has 2 heterocycles. The van der Waals surface area contributed by atoms with Gasteiger partial charge in [-0.15, -0.1) is 17.9 Å². The summed E-state index contributed by atoms with van der Waals surface area (Å²) in [6.45, 7) is 4.35. The van der Waals surface area contributed by atoms with Crippen molar-refractivity contribution in [2.75, 3.05) is 5.32 Å². The second kappa shape index (κ2) is 8.84. The molecular weight excluding hydrogens is 402 g/mol. The third-order valence-electron chi connectivity index (χ3n) is 5.06. The normalized spacial score (nSPS) is 13.1. The molecule has 4 rings (SSSR count). The number of H-pyrrole nitrogens is 1. The summed E-state index contributed by atoms with van der Waals surface area (Å²) < 4.78 is 2.45. The standard InChI is InChI=1S/C21H23N5OS2/c1-2-9-26-18(24-25-21(26)28)12-17-13-29-20(22-17)23-19(27)11-14-7-8-15-5-3-4-6-16(15)10-14/h2,7-8,10,13H,1,3-6,9,11-12H2,(H,25,28)(H,22,23,27). The first kappa shape index (κ1) is 19.7. The molecule has 150 valence electrons. The Morgan fingerprint density at radius 1 is 1.34 bits per heavy atom. The highest BCUT2D eigenvalue weighted by Gasteiger charge is 2.13. The molecule has 1 aliphatic carbocycles. The van der Waals surface area contributed by atoms with Gasteiger partial charge < -0.3 is 5.32 Å². The molecule has 0 saturated carbocycles. The monoisotopic (exact) mass is 425 g/mol. The van der Waals surface area contributed by atoms with E-state index in [9.17, 15) is 4.79 Å². The van der Waals surface area contributed by atoms with Gasteiger partial charge in [0.05, 0.1) is 18.5 Å². The molecule has 29 heavy (non-hydrogen) atoms. The number of aromatic nitrogens is 4. The van der Waals surface area contributed by atoms with Gasteiger partial charge in [0.15, 0.2) is 9.90 Å². The summed E-state index contributed by atoms with van der Waals surface area (Å²) in [7, 11) is 0. The molecule has 2 N–H and O–H groups in total. The van der Waals surface area contributed by atoms with Crippen molar-refractivity contribution in [3.8, 4) is 0 Å². The number of carbonyl (C=O) groups is 1. The molecule has 1 aromatic carbocycles. The molecule has 0 radical (unpaired) electrons. The van der Waals surface area contributed by atoms with E-state index in [1.54, 1.807) is 6.08 Å². The number of nitrogens with zero attached hydrogens (tertiary/aromatic N) is 3. The maximum atomic E-state index is 12.5. The molecule has 0 bridgehead atoms. The van der Waals surface area contributed by atoms with Gasteiger partial charge in [-0.3, -0.25) is 14.5 Å². The van der Waals surface area contributed by atoms with Crippen LogP contribution in [0.3, 0.4) is 0 Å². The number of nitrogens with one attached hydrogen (secondary N) is 2. The summed E-state index contributed by atoms with van der Waals surface area (Å²) in [6.07, 6.45) is 7.45. The number of anilines is 1. The second-order valence-corrected chi connectivity index (χ2v) is 8.44. The first-order chi connectivity index (χ1) is 14.1. The molecule has 0 spiro atoms. The van der Waals surface area contributed by atoms with E-state index in [0.717, 1.165) is 29.9 Å². The van der Waals surface area contributed by atoms with E-state index in [2.05, 4.69) is 45.3 Å². The lowest BCUT2D eigenvalue weighted by molar-refractivity contribution is -0.115. The lowest BCUT2D eigenvalue weighted by Gasteiger charge is -2.16. The minimum absolute atomic E-state index is 0.0454. The molecule has 8 heteroatoms. The zero-order valence-electron chi connectivity index (χ0n) is 16.1. The third kappa shape index (κ3) is 4.71. The molecule has 0 unspecified atom stereocenters. The molecule has 0 saturated heterocycles. The van der Waals surface area contributed by atoms with Gasteiger partial charge in [0.1, 0.15) is 5.82 Å². The van der Waals surface area contributed by atoms with Gasteiger partial charge in [-0.05, 0) is 54.6 Å². The minimum Gasteiger partial charge on any atom is -0.302 e. The predicted molar refractivity (Wildman–Crippen MR) is 118 cm³/mol. The largest absolute Gasteiger partial charge is 0.302 e. The van der Waals surface area contributed by atoms with Gasteiger partial charge in [0.2, 0.25) is 5.91 Å². The number of allylic oxidation sites excluding steroid dienone is 1. The fourth-order valence-electron chi connectivity index (χ4n) is 3.66. The number of rotatable bonds is 7. The van der Waals surface area contributed by atoms with E-state index >= 15 is 0 Å². The fourth-order valence-corrected chi connectivity index (χ4v) is 4.61. The molecule has 0 aliphatic heterocycles. The van der Waals surface area contributed by atoms with Gasteiger partial charge >= 0.3 is 0 Å². The van der Waals surface area contributed by atoms with Crippen LogP contribution in [-0.2, 0) is 37.0 Å². The summed E-state index contributed by atoms with van der Waals surface area (Å²) in [4.78, 5) is 17.0. The third-order valence-corrected chi connectivity index (χ3v) is 6.18. The number of fused-ring (bicyclic) bond motifs is 1. The van der Waals surface area contributed by atoms with E-state index in [4.69, 9.17) is 12.2 Å². The van der Waals surface area contributed by atoms with Crippen LogP contribution >= 0.6 is 23.6 Å². The van der Waals surface area contributed by atoms with Crippen LogP contribution in [0.2, 0.25) is 0 Å². The summed E-state index contributed by atoms with van der Waals surface area (Å²) in [6, 6.07) is 6.43. The summed E-state index contributed by atoms with van der Waals surface area (Å²) in [5.41, 5.74) is 4.73. The topological polar surface area (TPSA) is 75.6 Å². The van der Waals surface area contributed by atoms with Crippen LogP contribution in [0, 0.1) is 4.77 Å². The Morgan fingerprint density at radius 3 is 3.00 bits per heavy atom. The lowest BCUT2D eigenvalue weighted by atomic mass is 9.90. The Labute approximate surface area is 178 Å². The Bertz CT molecular complexity index is 1090. The van der Waals surface area contributed by atoms with E-state index in [-0.39, 0.29) is 5.91 Å². The quantitative estimate of drug-likeness (QED) is 0.439. The van der Waals surface area contributed by atoms with Crippen molar-refractivity contribution in [3.63, 3.8) is 0 Å². The Balaban J connectivity index is 1.38. The molecular formula is C21H23N5OS2. The van der Waals surface area contributed by atoms with Crippen molar-refractivity contribution in [1.29, 1.82) is 0 Å².